The molecule has 0 saturated carbocycles. The zero-order valence-corrected chi connectivity index (χ0v) is 19.2. The highest BCUT2D eigenvalue weighted by molar-refractivity contribution is 6.03. The lowest BCUT2D eigenvalue weighted by Crippen LogP contribution is -2.55. The molecule has 3 N–H and O–H groups in total. The lowest BCUT2D eigenvalue weighted by molar-refractivity contribution is -0.131. The molecule has 4 aromatic carbocycles. The van der Waals surface area contributed by atoms with Crippen LogP contribution in [0.4, 0.5) is 5.69 Å². The van der Waals surface area contributed by atoms with Crippen molar-refractivity contribution < 1.29 is 20.1 Å². The van der Waals surface area contributed by atoms with E-state index in [9.17, 15) is 20.1 Å². The molecule has 176 valence electrons. The minimum Gasteiger partial charge on any atom is -0.508 e. The van der Waals surface area contributed by atoms with Crippen LogP contribution < -0.4 is 4.90 Å². The second-order valence-corrected chi connectivity index (χ2v) is 8.92. The maximum atomic E-state index is 13.3. The van der Waals surface area contributed by atoms with Crippen molar-refractivity contribution in [3.63, 3.8) is 0 Å². The molecule has 0 aliphatic carbocycles. The topological polar surface area (TPSA) is 81.0 Å². The van der Waals surface area contributed by atoms with Gasteiger partial charge < -0.3 is 20.2 Å². The SMILES string of the molecule is O=C1[C@H](CC[C@H](O)c2ccccc2)[C@@H](c2ccc(-c3ccc(O)cc3)cc2O)N1c1ccccc1. The van der Waals surface area contributed by atoms with Crippen LogP contribution >= 0.6 is 0 Å². The molecular formula is C30H27NO4. The number of rotatable bonds is 7. The molecule has 0 spiro atoms. The van der Waals surface area contributed by atoms with E-state index in [1.807, 2.05) is 72.8 Å². The zero-order chi connectivity index (χ0) is 24.4. The van der Waals surface area contributed by atoms with Crippen molar-refractivity contribution >= 4 is 11.6 Å². The van der Waals surface area contributed by atoms with Gasteiger partial charge >= 0.3 is 0 Å². The number of hydrogen-bond acceptors (Lipinski definition) is 4. The Hall–Kier alpha value is -4.09. The number of carbonyl (C=O) groups is 1. The summed E-state index contributed by atoms with van der Waals surface area (Å²) in [5.74, 6) is -0.0633. The number of phenolic OH excluding ortho intramolecular Hbond substituents is 2. The third-order valence-corrected chi connectivity index (χ3v) is 6.73. The smallest absolute Gasteiger partial charge is 0.233 e. The second-order valence-electron chi connectivity index (χ2n) is 8.92. The first kappa shape index (κ1) is 22.7. The quantitative estimate of drug-likeness (QED) is 0.293. The van der Waals surface area contributed by atoms with Gasteiger partial charge in [-0.3, -0.25) is 4.79 Å². The number of aliphatic hydroxyl groups is 1. The number of anilines is 1. The summed E-state index contributed by atoms with van der Waals surface area (Å²) in [7, 11) is 0. The Bertz CT molecular complexity index is 1310. The fourth-order valence-corrected chi connectivity index (χ4v) is 4.87. The third kappa shape index (κ3) is 4.51. The van der Waals surface area contributed by atoms with E-state index >= 15 is 0 Å². The normalized spacial score (nSPS) is 18.2. The number of hydrogen-bond donors (Lipinski definition) is 3. The Labute approximate surface area is 204 Å². The number of aliphatic hydroxyl groups excluding tert-OH is 1. The average Bonchev–Trinajstić information content (AvgIpc) is 2.89. The van der Waals surface area contributed by atoms with Crippen LogP contribution in [0.15, 0.2) is 103 Å². The van der Waals surface area contributed by atoms with Crippen molar-refractivity contribution in [2.24, 2.45) is 5.92 Å². The number of aromatic hydroxyl groups is 2. The summed E-state index contributed by atoms with van der Waals surface area (Å²) in [6, 6.07) is 30.9. The van der Waals surface area contributed by atoms with Gasteiger partial charge in [0.1, 0.15) is 11.5 Å². The highest BCUT2D eigenvalue weighted by Crippen LogP contribution is 2.49. The molecule has 1 heterocycles. The molecule has 1 amide bonds. The zero-order valence-electron chi connectivity index (χ0n) is 19.2. The molecular weight excluding hydrogens is 438 g/mol. The van der Waals surface area contributed by atoms with E-state index in [1.165, 1.54) is 0 Å². The maximum Gasteiger partial charge on any atom is 0.233 e. The van der Waals surface area contributed by atoms with Crippen LogP contribution in [0, 0.1) is 5.92 Å². The van der Waals surface area contributed by atoms with E-state index in [0.29, 0.717) is 18.4 Å². The minimum absolute atomic E-state index is 0.0107. The van der Waals surface area contributed by atoms with Crippen LogP contribution in [-0.2, 0) is 4.79 Å². The summed E-state index contributed by atoms with van der Waals surface area (Å²) in [5, 5.41) is 31.3. The lowest BCUT2D eigenvalue weighted by Gasteiger charge is -2.48. The van der Waals surface area contributed by atoms with Gasteiger partial charge in [0.25, 0.3) is 0 Å². The molecule has 0 aromatic heterocycles. The average molecular weight is 466 g/mol. The summed E-state index contributed by atoms with van der Waals surface area (Å²) in [6.45, 7) is 0. The van der Waals surface area contributed by atoms with E-state index in [2.05, 4.69) is 0 Å². The first-order chi connectivity index (χ1) is 17.0. The Morgan fingerprint density at radius 2 is 1.40 bits per heavy atom. The van der Waals surface area contributed by atoms with Gasteiger partial charge in [-0.05, 0) is 59.9 Å². The molecule has 1 fully saturated rings. The Morgan fingerprint density at radius 3 is 2.06 bits per heavy atom. The molecule has 1 saturated heterocycles. The molecule has 1 aliphatic rings. The first-order valence-corrected chi connectivity index (χ1v) is 11.8. The van der Waals surface area contributed by atoms with Gasteiger partial charge in [-0.2, -0.15) is 0 Å². The number of β-lactam (4-membered cyclic amide) rings is 1. The van der Waals surface area contributed by atoms with Gasteiger partial charge in [-0.1, -0.05) is 72.8 Å². The standard InChI is InChI=1S/C30H27NO4/c32-24-14-11-20(12-15-24)22-13-16-25(28(34)19-22)29-26(17-18-27(33)21-7-3-1-4-8-21)30(35)31(29)23-9-5-2-6-10-23/h1-16,19,26-27,29,32-34H,17-18H2/t26-,27+,29-/m1/s1. The van der Waals surface area contributed by atoms with E-state index in [1.54, 1.807) is 35.2 Å². The number of amides is 1. The predicted octanol–water partition coefficient (Wildman–Crippen LogP) is 5.98. The van der Waals surface area contributed by atoms with Gasteiger partial charge in [-0.15, -0.1) is 0 Å². The summed E-state index contributed by atoms with van der Waals surface area (Å²) < 4.78 is 0. The van der Waals surface area contributed by atoms with Crippen molar-refractivity contribution in [2.75, 3.05) is 4.90 Å². The van der Waals surface area contributed by atoms with Crippen molar-refractivity contribution in [3.05, 3.63) is 114 Å². The number of carbonyl (C=O) groups excluding carboxylic acids is 1. The Kier molecular flexibility index (Phi) is 6.25. The summed E-state index contributed by atoms with van der Waals surface area (Å²) in [6.07, 6.45) is 0.300. The second kappa shape index (κ2) is 9.65. The molecule has 5 nitrogen and oxygen atoms in total. The molecule has 1 aliphatic heterocycles. The van der Waals surface area contributed by atoms with Gasteiger partial charge in [-0.25, -0.2) is 0 Å². The predicted molar refractivity (Wildman–Crippen MR) is 136 cm³/mol. The van der Waals surface area contributed by atoms with Gasteiger partial charge in [0.15, 0.2) is 0 Å². The monoisotopic (exact) mass is 465 g/mol. The van der Waals surface area contributed by atoms with E-state index in [4.69, 9.17) is 0 Å². The van der Waals surface area contributed by atoms with Gasteiger partial charge in [0, 0.05) is 11.3 Å². The summed E-state index contributed by atoms with van der Waals surface area (Å²) >= 11 is 0. The number of nitrogens with zero attached hydrogens (tertiary/aromatic N) is 1. The van der Waals surface area contributed by atoms with E-state index in [0.717, 1.165) is 22.4 Å². The molecule has 0 radical (unpaired) electrons. The fraction of sp³-hybridized carbons (Fsp3) is 0.167. The number of para-hydroxylation sites is 1. The minimum atomic E-state index is -0.652. The van der Waals surface area contributed by atoms with Gasteiger partial charge in [0.2, 0.25) is 5.91 Å². The summed E-state index contributed by atoms with van der Waals surface area (Å²) in [4.78, 5) is 15.0. The van der Waals surface area contributed by atoms with Crippen molar-refractivity contribution in [2.45, 2.75) is 25.0 Å². The number of phenols is 2. The third-order valence-electron chi connectivity index (χ3n) is 6.73. The van der Waals surface area contributed by atoms with Crippen LogP contribution in [0.1, 0.15) is 36.1 Å². The van der Waals surface area contributed by atoms with Crippen LogP contribution in [0.2, 0.25) is 0 Å². The molecule has 5 heteroatoms. The first-order valence-electron chi connectivity index (χ1n) is 11.8. The van der Waals surface area contributed by atoms with Crippen molar-refractivity contribution in [1.82, 2.24) is 0 Å². The highest BCUT2D eigenvalue weighted by atomic mass is 16.3. The van der Waals surface area contributed by atoms with Crippen molar-refractivity contribution in [3.8, 4) is 22.6 Å². The summed E-state index contributed by atoms with van der Waals surface area (Å²) in [5.41, 5.74) is 3.98. The lowest BCUT2D eigenvalue weighted by atomic mass is 9.77. The molecule has 3 atom stereocenters. The molecule has 4 aromatic rings. The number of benzene rings is 4. The van der Waals surface area contributed by atoms with E-state index in [-0.39, 0.29) is 29.4 Å². The molecule has 5 rings (SSSR count). The molecule has 0 bridgehead atoms. The van der Waals surface area contributed by atoms with Crippen LogP contribution in [0.5, 0.6) is 11.5 Å². The Morgan fingerprint density at radius 1 is 0.771 bits per heavy atom. The molecule has 35 heavy (non-hydrogen) atoms. The fourth-order valence-electron chi connectivity index (χ4n) is 4.87. The maximum absolute atomic E-state index is 13.3. The Balaban J connectivity index is 1.43. The molecule has 0 unspecified atom stereocenters. The van der Waals surface area contributed by atoms with Crippen molar-refractivity contribution in [1.29, 1.82) is 0 Å². The largest absolute Gasteiger partial charge is 0.508 e. The highest BCUT2D eigenvalue weighted by Gasteiger charge is 2.49. The van der Waals surface area contributed by atoms with E-state index < -0.39 is 6.10 Å². The van der Waals surface area contributed by atoms with Gasteiger partial charge in [0.05, 0.1) is 18.1 Å². The van der Waals surface area contributed by atoms with Crippen LogP contribution in [0.25, 0.3) is 11.1 Å². The van der Waals surface area contributed by atoms with Crippen LogP contribution in [0.3, 0.4) is 0 Å². The van der Waals surface area contributed by atoms with Crippen LogP contribution in [-0.4, -0.2) is 21.2 Å².